The molecular formula is C16H28O4. The van der Waals surface area contributed by atoms with Crippen LogP contribution in [0.2, 0.25) is 0 Å². The summed E-state index contributed by atoms with van der Waals surface area (Å²) in [7, 11) is 0. The molecule has 2 saturated heterocycles. The summed E-state index contributed by atoms with van der Waals surface area (Å²) in [6.07, 6.45) is 5.16. The maximum absolute atomic E-state index is 6.10. The normalized spacial score (nSPS) is 33.9. The summed E-state index contributed by atoms with van der Waals surface area (Å²) in [5.74, 6) is 0. The van der Waals surface area contributed by atoms with Crippen LogP contribution in [0.1, 0.15) is 39.5 Å². The number of hydrogen-bond donors (Lipinski definition) is 0. The molecule has 3 aliphatic rings. The molecule has 1 saturated carbocycles. The van der Waals surface area contributed by atoms with E-state index in [0.29, 0.717) is 12.2 Å². The van der Waals surface area contributed by atoms with Crippen molar-refractivity contribution < 1.29 is 18.9 Å². The molecular weight excluding hydrogens is 256 g/mol. The largest absolute Gasteiger partial charge is 0.380 e. The molecule has 0 radical (unpaired) electrons. The Bertz CT molecular complexity index is 279. The first-order chi connectivity index (χ1) is 9.71. The molecule has 20 heavy (non-hydrogen) atoms. The SMILES string of the molecule is CCC1(COC2CCC2OCC2(CC)COC2)COC1. The summed E-state index contributed by atoms with van der Waals surface area (Å²) in [4.78, 5) is 0. The van der Waals surface area contributed by atoms with Gasteiger partial charge in [0.15, 0.2) is 0 Å². The van der Waals surface area contributed by atoms with Crippen molar-refractivity contribution in [2.75, 3.05) is 39.6 Å². The predicted octanol–water partition coefficient (Wildman–Crippen LogP) is 2.40. The molecule has 0 aromatic carbocycles. The summed E-state index contributed by atoms with van der Waals surface area (Å²) in [6, 6.07) is 0. The maximum Gasteiger partial charge on any atom is 0.0838 e. The number of rotatable bonds is 8. The van der Waals surface area contributed by atoms with Gasteiger partial charge in [0.05, 0.1) is 51.8 Å². The third-order valence-corrected chi connectivity index (χ3v) is 5.49. The second kappa shape index (κ2) is 5.91. The van der Waals surface area contributed by atoms with Gasteiger partial charge in [-0.2, -0.15) is 0 Å². The summed E-state index contributed by atoms with van der Waals surface area (Å²) in [5.41, 5.74) is 0.569. The molecule has 4 nitrogen and oxygen atoms in total. The van der Waals surface area contributed by atoms with Gasteiger partial charge in [-0.3, -0.25) is 0 Å². The van der Waals surface area contributed by atoms with Gasteiger partial charge in [0.25, 0.3) is 0 Å². The van der Waals surface area contributed by atoms with Gasteiger partial charge in [-0.1, -0.05) is 13.8 Å². The van der Waals surface area contributed by atoms with Crippen molar-refractivity contribution in [3.05, 3.63) is 0 Å². The van der Waals surface area contributed by atoms with E-state index in [2.05, 4.69) is 13.8 Å². The van der Waals surface area contributed by atoms with Gasteiger partial charge in [0, 0.05) is 10.8 Å². The molecule has 3 fully saturated rings. The van der Waals surface area contributed by atoms with Gasteiger partial charge in [-0.05, 0) is 25.7 Å². The van der Waals surface area contributed by atoms with E-state index in [1.807, 2.05) is 0 Å². The van der Waals surface area contributed by atoms with Crippen molar-refractivity contribution in [2.45, 2.75) is 51.7 Å². The molecule has 2 aliphatic heterocycles. The van der Waals surface area contributed by atoms with E-state index < -0.39 is 0 Å². The minimum Gasteiger partial charge on any atom is -0.380 e. The Balaban J connectivity index is 1.38. The molecule has 0 aromatic heterocycles. The van der Waals surface area contributed by atoms with Gasteiger partial charge in [0.2, 0.25) is 0 Å². The van der Waals surface area contributed by atoms with Gasteiger partial charge in [-0.25, -0.2) is 0 Å². The zero-order valence-corrected chi connectivity index (χ0v) is 12.9. The van der Waals surface area contributed by atoms with E-state index in [1.54, 1.807) is 0 Å². The van der Waals surface area contributed by atoms with Crippen molar-refractivity contribution in [3.8, 4) is 0 Å². The molecule has 2 unspecified atom stereocenters. The topological polar surface area (TPSA) is 36.9 Å². The lowest BCUT2D eigenvalue weighted by atomic mass is 9.83. The van der Waals surface area contributed by atoms with Crippen LogP contribution < -0.4 is 0 Å². The summed E-state index contributed by atoms with van der Waals surface area (Å²) < 4.78 is 22.9. The smallest absolute Gasteiger partial charge is 0.0838 e. The molecule has 4 heteroatoms. The van der Waals surface area contributed by atoms with Crippen molar-refractivity contribution in [3.63, 3.8) is 0 Å². The molecule has 0 bridgehead atoms. The quantitative estimate of drug-likeness (QED) is 0.686. The van der Waals surface area contributed by atoms with E-state index in [9.17, 15) is 0 Å². The average Bonchev–Trinajstić information content (AvgIpc) is 2.34. The summed E-state index contributed by atoms with van der Waals surface area (Å²) in [5, 5.41) is 0. The van der Waals surface area contributed by atoms with Crippen LogP contribution in [-0.4, -0.2) is 51.8 Å². The van der Waals surface area contributed by atoms with Crippen molar-refractivity contribution in [2.24, 2.45) is 10.8 Å². The van der Waals surface area contributed by atoms with Crippen LogP contribution in [-0.2, 0) is 18.9 Å². The van der Waals surface area contributed by atoms with Crippen LogP contribution >= 0.6 is 0 Å². The lowest BCUT2D eigenvalue weighted by Gasteiger charge is -2.46. The van der Waals surface area contributed by atoms with Crippen LogP contribution in [0.4, 0.5) is 0 Å². The van der Waals surface area contributed by atoms with Gasteiger partial charge in [-0.15, -0.1) is 0 Å². The zero-order chi connectivity index (χ0) is 14.1. The summed E-state index contributed by atoms with van der Waals surface area (Å²) in [6.45, 7) is 9.54. The molecule has 2 atom stereocenters. The van der Waals surface area contributed by atoms with E-state index in [0.717, 1.165) is 65.3 Å². The van der Waals surface area contributed by atoms with Crippen LogP contribution in [0.25, 0.3) is 0 Å². The molecule has 116 valence electrons. The predicted molar refractivity (Wildman–Crippen MR) is 75.8 cm³/mol. The first kappa shape index (κ1) is 14.8. The molecule has 1 aliphatic carbocycles. The highest BCUT2D eigenvalue weighted by molar-refractivity contribution is 4.90. The lowest BCUT2D eigenvalue weighted by molar-refractivity contribution is -0.215. The molecule has 0 aromatic rings. The fourth-order valence-corrected chi connectivity index (χ4v) is 2.95. The monoisotopic (exact) mass is 284 g/mol. The van der Waals surface area contributed by atoms with Gasteiger partial charge >= 0.3 is 0 Å². The van der Waals surface area contributed by atoms with E-state index in [4.69, 9.17) is 18.9 Å². The fourth-order valence-electron chi connectivity index (χ4n) is 2.95. The van der Waals surface area contributed by atoms with Crippen molar-refractivity contribution in [1.29, 1.82) is 0 Å². The third kappa shape index (κ3) is 2.76. The summed E-state index contributed by atoms with van der Waals surface area (Å²) >= 11 is 0. The molecule has 3 rings (SSSR count). The Hall–Kier alpha value is -0.160. The van der Waals surface area contributed by atoms with Crippen LogP contribution in [0.15, 0.2) is 0 Å². The minimum absolute atomic E-state index is 0.284. The highest BCUT2D eigenvalue weighted by Gasteiger charge is 2.42. The Morgan fingerprint density at radius 3 is 1.40 bits per heavy atom. The van der Waals surface area contributed by atoms with Gasteiger partial charge in [0.1, 0.15) is 0 Å². The molecule has 0 amide bonds. The molecule has 0 spiro atoms. The minimum atomic E-state index is 0.284. The Morgan fingerprint density at radius 1 is 0.800 bits per heavy atom. The zero-order valence-electron chi connectivity index (χ0n) is 12.9. The highest BCUT2D eigenvalue weighted by atomic mass is 16.6. The standard InChI is InChI=1S/C16H28O4/c1-3-15(7-17-8-15)11-19-13-5-6-14(13)20-12-16(4-2)9-18-10-16/h13-14H,3-12H2,1-2H3. The molecule has 2 heterocycles. The highest BCUT2D eigenvalue weighted by Crippen LogP contribution is 2.37. The van der Waals surface area contributed by atoms with Crippen LogP contribution in [0.3, 0.4) is 0 Å². The Kier molecular flexibility index (Phi) is 4.37. The maximum atomic E-state index is 6.10. The number of hydrogen-bond acceptors (Lipinski definition) is 4. The Morgan fingerprint density at radius 2 is 1.20 bits per heavy atom. The van der Waals surface area contributed by atoms with E-state index in [1.165, 1.54) is 0 Å². The van der Waals surface area contributed by atoms with Crippen LogP contribution in [0.5, 0.6) is 0 Å². The Labute approximate surface area is 122 Å². The third-order valence-electron chi connectivity index (χ3n) is 5.49. The first-order valence-corrected chi connectivity index (χ1v) is 8.10. The van der Waals surface area contributed by atoms with E-state index >= 15 is 0 Å². The van der Waals surface area contributed by atoms with Crippen LogP contribution in [0, 0.1) is 10.8 Å². The fraction of sp³-hybridized carbons (Fsp3) is 1.00. The number of ether oxygens (including phenoxy) is 4. The van der Waals surface area contributed by atoms with Crippen molar-refractivity contribution >= 4 is 0 Å². The van der Waals surface area contributed by atoms with Crippen molar-refractivity contribution in [1.82, 2.24) is 0 Å². The van der Waals surface area contributed by atoms with Gasteiger partial charge < -0.3 is 18.9 Å². The van der Waals surface area contributed by atoms with E-state index in [-0.39, 0.29) is 10.8 Å². The lowest BCUT2D eigenvalue weighted by Crippen LogP contribution is -2.51. The first-order valence-electron chi connectivity index (χ1n) is 8.10. The second-order valence-electron chi connectivity index (χ2n) is 6.97. The average molecular weight is 284 g/mol. The molecule has 0 N–H and O–H groups in total. The second-order valence-corrected chi connectivity index (χ2v) is 6.97.